The molecule has 0 radical (unpaired) electrons. The van der Waals surface area contributed by atoms with Gasteiger partial charge in [-0.3, -0.25) is 4.72 Å². The molecule has 29 heavy (non-hydrogen) atoms. The van der Waals surface area contributed by atoms with Crippen LogP contribution in [0, 0.1) is 24.5 Å². The quantitative estimate of drug-likeness (QED) is 0.570. The number of thiazole rings is 1. The number of anilines is 2. The fourth-order valence-electron chi connectivity index (χ4n) is 2.88. The Balaban J connectivity index is 1.49. The van der Waals surface area contributed by atoms with Gasteiger partial charge in [-0.05, 0) is 49.9 Å². The Hall–Kier alpha value is -2.59. The standard InChI is InChI=1S/C19H18F2N4O2S2/c1-11-9-23-19(28-11)18(12-2-3-12)24-17-7-5-14(10-22-17)29(26,27)25-13-4-6-15(20)16(21)8-13/h4-10,12,18,25H,2-3H2,1H3,(H,22,24). The summed E-state index contributed by atoms with van der Waals surface area (Å²) in [5.74, 6) is -1.15. The fourth-order valence-corrected chi connectivity index (χ4v) is 4.80. The van der Waals surface area contributed by atoms with Gasteiger partial charge in [0.1, 0.15) is 15.7 Å². The third-order valence-electron chi connectivity index (χ3n) is 4.52. The van der Waals surface area contributed by atoms with Gasteiger partial charge in [0.05, 0.1) is 11.7 Å². The summed E-state index contributed by atoms with van der Waals surface area (Å²) in [6.07, 6.45) is 5.29. The maximum Gasteiger partial charge on any atom is 0.263 e. The summed E-state index contributed by atoms with van der Waals surface area (Å²) in [6, 6.07) is 5.83. The normalized spacial score (nSPS) is 15.1. The van der Waals surface area contributed by atoms with Crippen LogP contribution in [0.3, 0.4) is 0 Å². The van der Waals surface area contributed by atoms with Crippen LogP contribution in [0.5, 0.6) is 0 Å². The highest BCUT2D eigenvalue weighted by atomic mass is 32.2. The van der Waals surface area contributed by atoms with E-state index in [0.29, 0.717) is 11.7 Å². The minimum absolute atomic E-state index is 0.0453. The fraction of sp³-hybridized carbons (Fsp3) is 0.263. The van der Waals surface area contributed by atoms with Crippen molar-refractivity contribution >= 4 is 32.9 Å². The lowest BCUT2D eigenvalue weighted by atomic mass is 10.2. The van der Waals surface area contributed by atoms with E-state index in [1.807, 2.05) is 13.1 Å². The van der Waals surface area contributed by atoms with Crippen molar-refractivity contribution in [1.82, 2.24) is 9.97 Å². The minimum Gasteiger partial charge on any atom is -0.361 e. The van der Waals surface area contributed by atoms with Gasteiger partial charge in [0, 0.05) is 23.3 Å². The van der Waals surface area contributed by atoms with Crippen molar-refractivity contribution in [1.29, 1.82) is 0 Å². The Morgan fingerprint density at radius 2 is 1.90 bits per heavy atom. The number of aromatic nitrogens is 2. The number of rotatable bonds is 7. The van der Waals surface area contributed by atoms with Gasteiger partial charge in [0.15, 0.2) is 11.6 Å². The molecule has 1 fully saturated rings. The third-order valence-corrected chi connectivity index (χ3v) is 6.88. The number of nitrogens with one attached hydrogen (secondary N) is 2. The molecule has 0 bridgehead atoms. The first-order chi connectivity index (χ1) is 13.8. The van der Waals surface area contributed by atoms with Crippen LogP contribution in [0.25, 0.3) is 0 Å². The largest absolute Gasteiger partial charge is 0.361 e. The molecule has 0 saturated heterocycles. The molecule has 6 nitrogen and oxygen atoms in total. The van der Waals surface area contributed by atoms with Crippen LogP contribution in [0.2, 0.25) is 0 Å². The molecule has 0 aliphatic heterocycles. The van der Waals surface area contributed by atoms with Crippen LogP contribution >= 0.6 is 11.3 Å². The monoisotopic (exact) mass is 436 g/mol. The number of nitrogens with zero attached hydrogens (tertiary/aromatic N) is 2. The van der Waals surface area contributed by atoms with Crippen molar-refractivity contribution in [3.63, 3.8) is 0 Å². The molecule has 1 aliphatic carbocycles. The Bertz CT molecular complexity index is 1130. The lowest BCUT2D eigenvalue weighted by molar-refractivity contribution is 0.509. The first-order valence-corrected chi connectivity index (χ1v) is 11.2. The lowest BCUT2D eigenvalue weighted by Gasteiger charge is -2.16. The van der Waals surface area contributed by atoms with Gasteiger partial charge in [-0.2, -0.15) is 0 Å². The van der Waals surface area contributed by atoms with Crippen LogP contribution in [0.4, 0.5) is 20.3 Å². The SMILES string of the molecule is Cc1cnc(C(Nc2ccc(S(=O)(=O)Nc3ccc(F)c(F)c3)cn2)C2CC2)s1. The van der Waals surface area contributed by atoms with Gasteiger partial charge in [0.2, 0.25) is 0 Å². The molecule has 2 heterocycles. The van der Waals surface area contributed by atoms with E-state index in [0.717, 1.165) is 40.9 Å². The molecule has 1 saturated carbocycles. The summed E-state index contributed by atoms with van der Waals surface area (Å²) < 4.78 is 53.5. The third kappa shape index (κ3) is 4.54. The lowest BCUT2D eigenvalue weighted by Crippen LogP contribution is -2.15. The molecular formula is C19H18F2N4O2S2. The Morgan fingerprint density at radius 3 is 2.48 bits per heavy atom. The molecule has 0 amide bonds. The molecule has 0 spiro atoms. The summed E-state index contributed by atoms with van der Waals surface area (Å²) in [7, 11) is -3.98. The number of halogens is 2. The van der Waals surface area contributed by atoms with Crippen molar-refractivity contribution in [2.75, 3.05) is 10.0 Å². The van der Waals surface area contributed by atoms with Crippen molar-refractivity contribution < 1.29 is 17.2 Å². The average molecular weight is 437 g/mol. The molecule has 1 aromatic carbocycles. The van der Waals surface area contributed by atoms with E-state index in [1.54, 1.807) is 17.4 Å². The highest BCUT2D eigenvalue weighted by Gasteiger charge is 2.34. The van der Waals surface area contributed by atoms with E-state index in [4.69, 9.17) is 0 Å². The molecule has 10 heteroatoms. The van der Waals surface area contributed by atoms with E-state index >= 15 is 0 Å². The summed E-state index contributed by atoms with van der Waals surface area (Å²) in [5, 5.41) is 4.33. The summed E-state index contributed by atoms with van der Waals surface area (Å²) in [5.41, 5.74) is -0.0703. The van der Waals surface area contributed by atoms with Crippen molar-refractivity contribution in [3.05, 3.63) is 64.2 Å². The number of benzene rings is 1. The molecule has 2 N–H and O–H groups in total. The van der Waals surface area contributed by atoms with Crippen molar-refractivity contribution in [3.8, 4) is 0 Å². The second kappa shape index (κ2) is 7.68. The van der Waals surface area contributed by atoms with Gasteiger partial charge < -0.3 is 5.32 Å². The molecule has 1 aliphatic rings. The van der Waals surface area contributed by atoms with Crippen LogP contribution < -0.4 is 10.0 Å². The second-order valence-corrected chi connectivity index (χ2v) is 9.83. The molecule has 152 valence electrons. The molecular weight excluding hydrogens is 418 g/mol. The van der Waals surface area contributed by atoms with Crippen molar-refractivity contribution in [2.45, 2.75) is 30.7 Å². The van der Waals surface area contributed by atoms with Gasteiger partial charge >= 0.3 is 0 Å². The Labute approximate surface area is 171 Å². The zero-order chi connectivity index (χ0) is 20.6. The predicted molar refractivity (Wildman–Crippen MR) is 107 cm³/mol. The van der Waals surface area contributed by atoms with E-state index in [1.165, 1.54) is 12.3 Å². The van der Waals surface area contributed by atoms with Gasteiger partial charge in [-0.15, -0.1) is 11.3 Å². The zero-order valence-electron chi connectivity index (χ0n) is 15.4. The van der Waals surface area contributed by atoms with Crippen molar-refractivity contribution in [2.24, 2.45) is 5.92 Å². The highest BCUT2D eigenvalue weighted by molar-refractivity contribution is 7.92. The number of aryl methyl sites for hydroxylation is 1. The number of hydrogen-bond donors (Lipinski definition) is 2. The average Bonchev–Trinajstić information content (AvgIpc) is 3.43. The van der Waals surface area contributed by atoms with E-state index in [2.05, 4.69) is 20.0 Å². The first kappa shape index (κ1) is 19.7. The van der Waals surface area contributed by atoms with Gasteiger partial charge in [-0.1, -0.05) is 0 Å². The van der Waals surface area contributed by atoms with Crippen LogP contribution in [-0.4, -0.2) is 18.4 Å². The molecule has 1 atom stereocenters. The minimum atomic E-state index is -3.98. The Morgan fingerprint density at radius 1 is 1.10 bits per heavy atom. The highest BCUT2D eigenvalue weighted by Crippen LogP contribution is 2.43. The molecule has 4 rings (SSSR count). The van der Waals surface area contributed by atoms with Gasteiger partial charge in [0.25, 0.3) is 10.0 Å². The summed E-state index contributed by atoms with van der Waals surface area (Å²) in [6.45, 7) is 2.00. The first-order valence-electron chi connectivity index (χ1n) is 8.94. The molecule has 1 unspecified atom stereocenters. The van der Waals surface area contributed by atoms with Crippen LogP contribution in [0.15, 0.2) is 47.6 Å². The maximum atomic E-state index is 13.3. The van der Waals surface area contributed by atoms with E-state index < -0.39 is 21.7 Å². The maximum absolute atomic E-state index is 13.3. The van der Waals surface area contributed by atoms with Crippen LogP contribution in [0.1, 0.15) is 28.8 Å². The predicted octanol–water partition coefficient (Wildman–Crippen LogP) is 4.49. The second-order valence-electron chi connectivity index (χ2n) is 6.88. The Kier molecular flexibility index (Phi) is 5.22. The molecule has 2 aromatic heterocycles. The van der Waals surface area contributed by atoms with E-state index in [-0.39, 0.29) is 16.6 Å². The number of hydrogen-bond acceptors (Lipinski definition) is 6. The summed E-state index contributed by atoms with van der Waals surface area (Å²) in [4.78, 5) is 9.72. The van der Waals surface area contributed by atoms with Crippen LogP contribution in [-0.2, 0) is 10.0 Å². The number of pyridine rings is 1. The topological polar surface area (TPSA) is 84.0 Å². The smallest absolute Gasteiger partial charge is 0.263 e. The van der Waals surface area contributed by atoms with Gasteiger partial charge in [-0.25, -0.2) is 27.2 Å². The molecule has 3 aromatic rings. The number of sulfonamides is 1. The van der Waals surface area contributed by atoms with E-state index in [9.17, 15) is 17.2 Å². The zero-order valence-corrected chi connectivity index (χ0v) is 17.0. The summed E-state index contributed by atoms with van der Waals surface area (Å²) >= 11 is 1.63.